The van der Waals surface area contributed by atoms with Gasteiger partial charge in [-0.3, -0.25) is 9.59 Å². The molecule has 0 aliphatic heterocycles. The number of unbranched alkanes of at least 4 members (excludes halogenated alkanes) is 2. The summed E-state index contributed by atoms with van der Waals surface area (Å²) in [6, 6.07) is 14.9. The summed E-state index contributed by atoms with van der Waals surface area (Å²) in [4.78, 5) is 26.9. The van der Waals surface area contributed by atoms with Gasteiger partial charge in [0.2, 0.25) is 0 Å². The van der Waals surface area contributed by atoms with Crippen molar-refractivity contribution in [2.75, 3.05) is 39.4 Å². The SMILES string of the molecule is CCCCOc1ccc(C(=O)C(CCC(CNCC)C(=O)c2ccc(OCCCC)cc2)CNCC)cc1. The maximum absolute atomic E-state index is 13.4. The average molecular weight is 525 g/mol. The van der Waals surface area contributed by atoms with Crippen LogP contribution in [0.1, 0.15) is 86.9 Å². The van der Waals surface area contributed by atoms with Gasteiger partial charge in [-0.25, -0.2) is 0 Å². The van der Waals surface area contributed by atoms with E-state index in [1.165, 1.54) is 0 Å². The molecule has 0 amide bonds. The Bertz CT molecular complexity index is 850. The standard InChI is InChI=1S/C32H48N2O4/c1-5-9-21-37-29-17-13-25(14-18-29)31(35)27(23-33-7-3)11-12-28(24-34-8-4)32(36)26-15-19-30(20-16-26)38-22-10-6-2/h13-20,27-28,33-34H,5-12,21-24H2,1-4H3. The fourth-order valence-electron chi connectivity index (χ4n) is 4.26. The van der Waals surface area contributed by atoms with Crippen molar-refractivity contribution in [1.82, 2.24) is 10.6 Å². The zero-order chi connectivity index (χ0) is 27.6. The lowest BCUT2D eigenvalue weighted by Crippen LogP contribution is -2.32. The molecule has 6 heteroatoms. The van der Waals surface area contributed by atoms with Gasteiger partial charge in [0.05, 0.1) is 13.2 Å². The predicted octanol–water partition coefficient (Wildman–Crippen LogP) is 6.34. The van der Waals surface area contributed by atoms with E-state index >= 15 is 0 Å². The summed E-state index contributed by atoms with van der Waals surface area (Å²) in [7, 11) is 0. The van der Waals surface area contributed by atoms with E-state index in [0.29, 0.717) is 50.3 Å². The van der Waals surface area contributed by atoms with Crippen molar-refractivity contribution in [3.8, 4) is 11.5 Å². The number of hydrogen-bond acceptors (Lipinski definition) is 6. The number of rotatable bonds is 21. The Balaban J connectivity index is 2.07. The Morgan fingerprint density at radius 3 is 1.32 bits per heavy atom. The molecule has 0 radical (unpaired) electrons. The van der Waals surface area contributed by atoms with Crippen LogP contribution in [0.15, 0.2) is 48.5 Å². The van der Waals surface area contributed by atoms with E-state index in [1.807, 2.05) is 62.4 Å². The number of ketones is 2. The minimum atomic E-state index is -0.201. The summed E-state index contributed by atoms with van der Waals surface area (Å²) < 4.78 is 11.5. The van der Waals surface area contributed by atoms with Crippen LogP contribution in [0.2, 0.25) is 0 Å². The molecule has 0 fully saturated rings. The molecular weight excluding hydrogens is 476 g/mol. The highest BCUT2D eigenvalue weighted by atomic mass is 16.5. The second-order valence-electron chi connectivity index (χ2n) is 9.77. The summed E-state index contributed by atoms with van der Waals surface area (Å²) in [5.74, 6) is 1.39. The van der Waals surface area contributed by atoms with Gasteiger partial charge in [-0.1, -0.05) is 40.5 Å². The highest BCUT2D eigenvalue weighted by Gasteiger charge is 2.25. The highest BCUT2D eigenvalue weighted by molar-refractivity contribution is 5.99. The van der Waals surface area contributed by atoms with Gasteiger partial charge in [0.1, 0.15) is 11.5 Å². The first-order valence-corrected chi connectivity index (χ1v) is 14.5. The first kappa shape index (κ1) is 31.5. The number of benzene rings is 2. The van der Waals surface area contributed by atoms with Crippen LogP contribution in [0, 0.1) is 11.8 Å². The fourth-order valence-corrected chi connectivity index (χ4v) is 4.26. The van der Waals surface area contributed by atoms with Crippen LogP contribution in [-0.2, 0) is 0 Å². The molecule has 2 rings (SSSR count). The summed E-state index contributed by atoms with van der Waals surface area (Å²) in [5.41, 5.74) is 1.37. The lowest BCUT2D eigenvalue weighted by atomic mass is 9.86. The zero-order valence-electron chi connectivity index (χ0n) is 23.9. The molecule has 0 aromatic heterocycles. The molecule has 38 heavy (non-hydrogen) atoms. The molecule has 2 aromatic carbocycles. The van der Waals surface area contributed by atoms with Gasteiger partial charge in [0, 0.05) is 36.1 Å². The van der Waals surface area contributed by atoms with Gasteiger partial charge in [0.15, 0.2) is 11.6 Å². The van der Waals surface area contributed by atoms with Gasteiger partial charge >= 0.3 is 0 Å². The van der Waals surface area contributed by atoms with Crippen LogP contribution in [-0.4, -0.2) is 51.0 Å². The first-order valence-electron chi connectivity index (χ1n) is 14.5. The molecule has 0 aliphatic rings. The highest BCUT2D eigenvalue weighted by Crippen LogP contribution is 2.23. The molecule has 2 N–H and O–H groups in total. The second kappa shape index (κ2) is 18.5. The Morgan fingerprint density at radius 2 is 1.00 bits per heavy atom. The number of Topliss-reactive ketones (excluding diaryl/α,β-unsaturated/α-hetero) is 2. The molecule has 2 aromatic rings. The molecule has 0 heterocycles. The van der Waals surface area contributed by atoms with Crippen molar-refractivity contribution in [3.05, 3.63) is 59.7 Å². The number of nitrogens with one attached hydrogen (secondary N) is 2. The van der Waals surface area contributed by atoms with Crippen LogP contribution in [0.25, 0.3) is 0 Å². The number of ether oxygens (including phenoxy) is 2. The summed E-state index contributed by atoms with van der Waals surface area (Å²) in [6.07, 6.45) is 5.46. The molecule has 0 aliphatic carbocycles. The third-order valence-electron chi connectivity index (χ3n) is 6.70. The maximum Gasteiger partial charge on any atom is 0.167 e. The maximum atomic E-state index is 13.4. The molecule has 2 atom stereocenters. The number of hydrogen-bond donors (Lipinski definition) is 2. The fraction of sp³-hybridized carbons (Fsp3) is 0.562. The van der Waals surface area contributed by atoms with E-state index in [4.69, 9.17) is 9.47 Å². The minimum Gasteiger partial charge on any atom is -0.494 e. The van der Waals surface area contributed by atoms with E-state index in [2.05, 4.69) is 24.5 Å². The molecule has 0 saturated heterocycles. The van der Waals surface area contributed by atoms with Crippen molar-refractivity contribution in [1.29, 1.82) is 0 Å². The molecule has 210 valence electrons. The lowest BCUT2D eigenvalue weighted by molar-refractivity contribution is 0.0865. The van der Waals surface area contributed by atoms with Crippen LogP contribution < -0.4 is 20.1 Å². The average Bonchev–Trinajstić information content (AvgIpc) is 2.95. The Morgan fingerprint density at radius 1 is 0.632 bits per heavy atom. The van der Waals surface area contributed by atoms with Gasteiger partial charge in [0.25, 0.3) is 0 Å². The monoisotopic (exact) mass is 524 g/mol. The van der Waals surface area contributed by atoms with Crippen LogP contribution in [0.5, 0.6) is 11.5 Å². The number of carbonyl (C=O) groups excluding carboxylic acids is 2. The predicted molar refractivity (Wildman–Crippen MR) is 156 cm³/mol. The molecule has 0 bridgehead atoms. The topological polar surface area (TPSA) is 76.7 Å². The third kappa shape index (κ3) is 11.0. The van der Waals surface area contributed by atoms with E-state index in [1.54, 1.807) is 0 Å². The normalized spacial score (nSPS) is 12.6. The molecule has 0 spiro atoms. The summed E-state index contributed by atoms with van der Waals surface area (Å²) in [6.45, 7) is 12.5. The summed E-state index contributed by atoms with van der Waals surface area (Å²) in [5, 5.41) is 6.68. The minimum absolute atomic E-state index is 0.106. The van der Waals surface area contributed by atoms with Crippen molar-refractivity contribution >= 4 is 11.6 Å². The van der Waals surface area contributed by atoms with Crippen molar-refractivity contribution in [2.45, 2.75) is 66.2 Å². The summed E-state index contributed by atoms with van der Waals surface area (Å²) >= 11 is 0. The van der Waals surface area contributed by atoms with Gasteiger partial charge in [-0.2, -0.15) is 0 Å². The van der Waals surface area contributed by atoms with Crippen molar-refractivity contribution < 1.29 is 19.1 Å². The van der Waals surface area contributed by atoms with Crippen molar-refractivity contribution in [3.63, 3.8) is 0 Å². The second-order valence-corrected chi connectivity index (χ2v) is 9.77. The van der Waals surface area contributed by atoms with E-state index in [9.17, 15) is 9.59 Å². The number of carbonyl (C=O) groups is 2. The lowest BCUT2D eigenvalue weighted by Gasteiger charge is -2.21. The van der Waals surface area contributed by atoms with Crippen molar-refractivity contribution in [2.24, 2.45) is 11.8 Å². The molecule has 2 unspecified atom stereocenters. The Labute approximate surface area is 229 Å². The smallest absolute Gasteiger partial charge is 0.167 e. The first-order chi connectivity index (χ1) is 18.5. The quantitative estimate of drug-likeness (QED) is 0.147. The van der Waals surface area contributed by atoms with Gasteiger partial charge in [-0.15, -0.1) is 0 Å². The van der Waals surface area contributed by atoms with E-state index < -0.39 is 0 Å². The van der Waals surface area contributed by atoms with E-state index in [-0.39, 0.29) is 23.4 Å². The van der Waals surface area contributed by atoms with Crippen LogP contribution in [0.3, 0.4) is 0 Å². The Kier molecular flexibility index (Phi) is 15.4. The van der Waals surface area contributed by atoms with E-state index in [0.717, 1.165) is 50.3 Å². The zero-order valence-corrected chi connectivity index (χ0v) is 23.9. The van der Waals surface area contributed by atoms with Gasteiger partial charge in [-0.05, 0) is 87.3 Å². The third-order valence-corrected chi connectivity index (χ3v) is 6.70. The van der Waals surface area contributed by atoms with Crippen LogP contribution in [0.4, 0.5) is 0 Å². The largest absolute Gasteiger partial charge is 0.494 e. The Hall–Kier alpha value is -2.70. The van der Waals surface area contributed by atoms with Crippen LogP contribution >= 0.6 is 0 Å². The van der Waals surface area contributed by atoms with Gasteiger partial charge < -0.3 is 20.1 Å². The molecule has 0 saturated carbocycles. The molecule has 6 nitrogen and oxygen atoms in total. The molecular formula is C32H48N2O4.